The second-order valence-electron chi connectivity index (χ2n) is 6.15. The van der Waals surface area contributed by atoms with E-state index in [1.54, 1.807) is 0 Å². The van der Waals surface area contributed by atoms with Gasteiger partial charge >= 0.3 is 0 Å². The number of hydrogen-bond donors (Lipinski definition) is 3. The number of aromatic hydroxyl groups is 2. The Morgan fingerprint density at radius 1 is 0.724 bits per heavy atom. The molecule has 0 radical (unpaired) electrons. The van der Waals surface area contributed by atoms with Crippen LogP contribution in [0.4, 0.5) is 0 Å². The molecule has 0 aromatic heterocycles. The average Bonchev–Trinajstić information content (AvgIpc) is 2.58. The first-order chi connectivity index (χ1) is 13.5. The van der Waals surface area contributed by atoms with E-state index in [0.29, 0.717) is 0 Å². The smallest absolute Gasteiger partial charge is 0.283 e. The molecule has 0 saturated heterocycles. The lowest BCUT2D eigenvalue weighted by atomic mass is 9.83. The minimum atomic E-state index is -5.08. The van der Waals surface area contributed by atoms with E-state index < -0.39 is 26.4 Å². The van der Waals surface area contributed by atoms with Crippen molar-refractivity contribution in [2.45, 2.75) is 4.75 Å². The normalized spacial score (nSPS) is 13.8. The molecular formula is C19H12Cl4O5S. The fraction of sp³-hybridized carbons (Fsp3) is 0.0526. The lowest BCUT2D eigenvalue weighted by Gasteiger charge is -2.33. The van der Waals surface area contributed by atoms with Crippen molar-refractivity contribution in [3.63, 3.8) is 0 Å². The highest BCUT2D eigenvalue weighted by molar-refractivity contribution is 7.87. The van der Waals surface area contributed by atoms with Gasteiger partial charge in [-0.05, 0) is 47.5 Å². The second kappa shape index (κ2) is 7.87. The van der Waals surface area contributed by atoms with Gasteiger partial charge in [-0.15, -0.1) is 0 Å². The summed E-state index contributed by atoms with van der Waals surface area (Å²) in [6.45, 7) is 0. The quantitative estimate of drug-likeness (QED) is 0.239. The first-order valence-corrected chi connectivity index (χ1v) is 10.8. The standard InChI is InChI=1S/C19H12Cl4O5S/c20-12-3-1-2-10(4-12)19(29(26,27)28,11-5-13(21)7-14(22)6-11)15-8-18(25)16(23)9-17(15)24/h1-9,24-25H,(H,26,27,28). The molecule has 3 aromatic rings. The first kappa shape index (κ1) is 22.0. The van der Waals surface area contributed by atoms with Crippen LogP contribution in [0.25, 0.3) is 0 Å². The molecule has 0 spiro atoms. The van der Waals surface area contributed by atoms with Gasteiger partial charge in [0.15, 0.2) is 4.75 Å². The van der Waals surface area contributed by atoms with Crippen LogP contribution >= 0.6 is 46.4 Å². The zero-order valence-electron chi connectivity index (χ0n) is 14.3. The third-order valence-corrected chi connectivity index (χ3v) is 6.77. The summed E-state index contributed by atoms with van der Waals surface area (Å²) in [4.78, 5) is 0. The van der Waals surface area contributed by atoms with Gasteiger partial charge in [-0.1, -0.05) is 58.5 Å². The molecule has 5 nitrogen and oxygen atoms in total. The maximum Gasteiger partial charge on any atom is 0.283 e. The Kier molecular flexibility index (Phi) is 5.98. The molecule has 0 aliphatic carbocycles. The molecule has 0 heterocycles. The zero-order chi connectivity index (χ0) is 21.6. The van der Waals surface area contributed by atoms with Crippen LogP contribution < -0.4 is 0 Å². The fourth-order valence-corrected chi connectivity index (χ4v) is 5.37. The molecule has 3 N–H and O–H groups in total. The summed E-state index contributed by atoms with van der Waals surface area (Å²) in [5.74, 6) is -1.11. The predicted molar refractivity (Wildman–Crippen MR) is 114 cm³/mol. The molecule has 1 atom stereocenters. The van der Waals surface area contributed by atoms with Crippen molar-refractivity contribution in [2.24, 2.45) is 0 Å². The number of phenolic OH excluding ortho intramolecular Hbond substituents is 2. The van der Waals surface area contributed by atoms with Crippen LogP contribution in [0.1, 0.15) is 16.7 Å². The molecule has 0 amide bonds. The molecule has 3 rings (SSSR count). The van der Waals surface area contributed by atoms with Crippen LogP contribution in [0, 0.1) is 0 Å². The minimum Gasteiger partial charge on any atom is -0.508 e. The van der Waals surface area contributed by atoms with Crippen molar-refractivity contribution in [3.8, 4) is 11.5 Å². The molecule has 152 valence electrons. The van der Waals surface area contributed by atoms with E-state index in [-0.39, 0.29) is 36.8 Å². The topological polar surface area (TPSA) is 94.8 Å². The van der Waals surface area contributed by atoms with Crippen LogP contribution in [0.2, 0.25) is 20.1 Å². The molecule has 0 saturated carbocycles. The predicted octanol–water partition coefficient (Wildman–Crippen LogP) is 5.89. The van der Waals surface area contributed by atoms with Crippen molar-refractivity contribution in [3.05, 3.63) is 91.4 Å². The monoisotopic (exact) mass is 492 g/mol. The van der Waals surface area contributed by atoms with E-state index in [2.05, 4.69) is 0 Å². The Morgan fingerprint density at radius 2 is 1.31 bits per heavy atom. The van der Waals surface area contributed by atoms with Gasteiger partial charge in [0, 0.05) is 26.7 Å². The molecule has 0 aliphatic rings. The largest absolute Gasteiger partial charge is 0.508 e. The molecule has 1 unspecified atom stereocenters. The minimum absolute atomic E-state index is 0.0251. The van der Waals surface area contributed by atoms with Gasteiger partial charge in [0.2, 0.25) is 0 Å². The summed E-state index contributed by atoms with van der Waals surface area (Å²) in [6.07, 6.45) is 0. The van der Waals surface area contributed by atoms with E-state index in [1.165, 1.54) is 42.5 Å². The summed E-state index contributed by atoms with van der Waals surface area (Å²) < 4.78 is 33.9. The van der Waals surface area contributed by atoms with Crippen LogP contribution in [0.5, 0.6) is 11.5 Å². The van der Waals surface area contributed by atoms with E-state index >= 15 is 0 Å². The lowest BCUT2D eigenvalue weighted by Crippen LogP contribution is -2.38. The van der Waals surface area contributed by atoms with E-state index in [4.69, 9.17) is 46.4 Å². The fourth-order valence-electron chi connectivity index (χ4n) is 3.21. The van der Waals surface area contributed by atoms with Crippen LogP contribution in [-0.4, -0.2) is 23.2 Å². The summed E-state index contributed by atoms with van der Waals surface area (Å²) in [6, 6.07) is 11.5. The number of rotatable bonds is 4. The first-order valence-electron chi connectivity index (χ1n) is 7.88. The second-order valence-corrected chi connectivity index (χ2v) is 9.42. The summed E-state index contributed by atoms with van der Waals surface area (Å²) in [7, 11) is -5.08. The van der Waals surface area contributed by atoms with Crippen molar-refractivity contribution in [1.29, 1.82) is 0 Å². The zero-order valence-corrected chi connectivity index (χ0v) is 18.1. The number of phenols is 2. The third kappa shape index (κ3) is 3.89. The van der Waals surface area contributed by atoms with Gasteiger partial charge in [0.25, 0.3) is 10.1 Å². The van der Waals surface area contributed by atoms with Gasteiger partial charge < -0.3 is 10.2 Å². The van der Waals surface area contributed by atoms with Crippen LogP contribution in [0.3, 0.4) is 0 Å². The lowest BCUT2D eigenvalue weighted by molar-refractivity contribution is 0.434. The maximum atomic E-state index is 12.9. The molecule has 0 fully saturated rings. The SMILES string of the molecule is O=S(=O)(O)C(c1cccc(Cl)c1)(c1cc(Cl)cc(Cl)c1)c1cc(O)c(Cl)cc1O. The number of halogens is 4. The summed E-state index contributed by atoms with van der Waals surface area (Å²) >= 11 is 24.1. The van der Waals surface area contributed by atoms with Crippen LogP contribution in [0.15, 0.2) is 54.6 Å². The van der Waals surface area contributed by atoms with E-state index in [9.17, 15) is 23.2 Å². The molecule has 10 heteroatoms. The van der Waals surface area contributed by atoms with Crippen molar-refractivity contribution < 1.29 is 23.2 Å². The van der Waals surface area contributed by atoms with E-state index in [0.717, 1.165) is 12.1 Å². The van der Waals surface area contributed by atoms with Gasteiger partial charge in [0.1, 0.15) is 11.5 Å². The Bertz CT molecular complexity index is 1190. The maximum absolute atomic E-state index is 12.9. The Labute approximate surface area is 186 Å². The van der Waals surface area contributed by atoms with Gasteiger partial charge in [-0.2, -0.15) is 8.42 Å². The molecule has 29 heavy (non-hydrogen) atoms. The highest BCUT2D eigenvalue weighted by Crippen LogP contribution is 2.50. The van der Waals surface area contributed by atoms with Crippen molar-refractivity contribution >= 4 is 56.5 Å². The third-order valence-electron chi connectivity index (χ3n) is 4.33. The highest BCUT2D eigenvalue weighted by Gasteiger charge is 2.50. The molecule has 3 aromatic carbocycles. The Balaban J connectivity index is 2.60. The van der Waals surface area contributed by atoms with Crippen molar-refractivity contribution in [2.75, 3.05) is 0 Å². The Hall–Kier alpha value is -1.67. The average molecular weight is 494 g/mol. The van der Waals surface area contributed by atoms with E-state index in [1.807, 2.05) is 0 Å². The summed E-state index contributed by atoms with van der Waals surface area (Å²) in [5, 5.41) is 20.8. The van der Waals surface area contributed by atoms with Gasteiger partial charge in [-0.25, -0.2) is 0 Å². The molecule has 0 bridgehead atoms. The van der Waals surface area contributed by atoms with Crippen LogP contribution in [-0.2, 0) is 14.9 Å². The highest BCUT2D eigenvalue weighted by atomic mass is 35.5. The molecular weight excluding hydrogens is 482 g/mol. The Morgan fingerprint density at radius 3 is 1.86 bits per heavy atom. The van der Waals surface area contributed by atoms with Gasteiger partial charge in [0.05, 0.1) is 5.02 Å². The summed E-state index contributed by atoms with van der Waals surface area (Å²) in [5.41, 5.74) is -0.484. The van der Waals surface area contributed by atoms with Gasteiger partial charge in [-0.3, -0.25) is 4.55 Å². The number of benzene rings is 3. The number of hydrogen-bond acceptors (Lipinski definition) is 4. The van der Waals surface area contributed by atoms with Crippen molar-refractivity contribution in [1.82, 2.24) is 0 Å². The molecule has 0 aliphatic heterocycles.